The lowest BCUT2D eigenvalue weighted by Crippen LogP contribution is -2.24. The fourth-order valence-corrected chi connectivity index (χ4v) is 3.08. The molecule has 0 aliphatic carbocycles. The second-order valence-electron chi connectivity index (χ2n) is 4.97. The SMILES string of the molecule is CCC1CCCN(c2ccc(C#N)c(Br)c2)CC1. The van der Waals surface area contributed by atoms with Crippen LogP contribution in [0.3, 0.4) is 0 Å². The second-order valence-corrected chi connectivity index (χ2v) is 5.82. The summed E-state index contributed by atoms with van der Waals surface area (Å²) >= 11 is 3.47. The summed E-state index contributed by atoms with van der Waals surface area (Å²) in [6, 6.07) is 8.23. The monoisotopic (exact) mass is 306 g/mol. The van der Waals surface area contributed by atoms with E-state index in [-0.39, 0.29) is 0 Å². The average molecular weight is 307 g/mol. The van der Waals surface area contributed by atoms with Crippen LogP contribution in [0.25, 0.3) is 0 Å². The number of halogens is 1. The number of hydrogen-bond donors (Lipinski definition) is 0. The zero-order valence-corrected chi connectivity index (χ0v) is 12.4. The minimum absolute atomic E-state index is 0.708. The molecule has 0 N–H and O–H groups in total. The van der Waals surface area contributed by atoms with E-state index < -0.39 is 0 Å². The molecule has 0 radical (unpaired) electrons. The van der Waals surface area contributed by atoms with E-state index in [0.29, 0.717) is 5.56 Å². The summed E-state index contributed by atoms with van der Waals surface area (Å²) < 4.78 is 0.902. The molecule has 1 aromatic carbocycles. The molecule has 3 heteroatoms. The minimum Gasteiger partial charge on any atom is -0.371 e. The number of nitriles is 1. The van der Waals surface area contributed by atoms with E-state index in [1.165, 1.54) is 31.4 Å². The molecule has 1 unspecified atom stereocenters. The van der Waals surface area contributed by atoms with Crippen LogP contribution in [-0.2, 0) is 0 Å². The molecular weight excluding hydrogens is 288 g/mol. The molecule has 1 atom stereocenters. The first-order valence-electron chi connectivity index (χ1n) is 6.69. The Morgan fingerprint density at radius 2 is 2.22 bits per heavy atom. The van der Waals surface area contributed by atoms with Gasteiger partial charge in [0.05, 0.1) is 5.56 Å². The first kappa shape index (κ1) is 13.4. The van der Waals surface area contributed by atoms with Crippen molar-refractivity contribution in [2.24, 2.45) is 5.92 Å². The van der Waals surface area contributed by atoms with Crippen molar-refractivity contribution >= 4 is 21.6 Å². The Hall–Kier alpha value is -1.01. The van der Waals surface area contributed by atoms with E-state index in [0.717, 1.165) is 23.5 Å². The Labute approximate surface area is 118 Å². The summed E-state index contributed by atoms with van der Waals surface area (Å²) in [6.45, 7) is 4.56. The highest BCUT2D eigenvalue weighted by atomic mass is 79.9. The molecule has 0 spiro atoms. The zero-order chi connectivity index (χ0) is 13.0. The number of rotatable bonds is 2. The van der Waals surface area contributed by atoms with Gasteiger partial charge in [0.15, 0.2) is 0 Å². The first-order chi connectivity index (χ1) is 8.74. The number of anilines is 1. The van der Waals surface area contributed by atoms with Crippen molar-refractivity contribution in [3.8, 4) is 6.07 Å². The molecule has 0 bridgehead atoms. The molecule has 1 aromatic rings. The number of hydrogen-bond acceptors (Lipinski definition) is 2. The summed E-state index contributed by atoms with van der Waals surface area (Å²) in [6.07, 6.45) is 5.21. The molecular formula is C15H19BrN2. The van der Waals surface area contributed by atoms with Crippen molar-refractivity contribution in [1.29, 1.82) is 5.26 Å². The highest BCUT2D eigenvalue weighted by Gasteiger charge is 2.16. The topological polar surface area (TPSA) is 27.0 Å². The van der Waals surface area contributed by atoms with E-state index >= 15 is 0 Å². The average Bonchev–Trinajstić information content (AvgIpc) is 2.63. The standard InChI is InChI=1S/C15H19BrN2/c1-2-12-4-3-8-18(9-7-12)14-6-5-13(11-17)15(16)10-14/h5-6,10,12H,2-4,7-9H2,1H3. The maximum Gasteiger partial charge on any atom is 0.100 e. The predicted octanol–water partition coefficient (Wildman–Crippen LogP) is 4.34. The minimum atomic E-state index is 0.708. The van der Waals surface area contributed by atoms with Crippen molar-refractivity contribution in [3.63, 3.8) is 0 Å². The van der Waals surface area contributed by atoms with Gasteiger partial charge in [-0.15, -0.1) is 0 Å². The van der Waals surface area contributed by atoms with Gasteiger partial charge in [0, 0.05) is 23.2 Å². The molecule has 1 saturated heterocycles. The maximum absolute atomic E-state index is 8.94. The van der Waals surface area contributed by atoms with E-state index in [1.807, 2.05) is 6.07 Å². The van der Waals surface area contributed by atoms with E-state index in [4.69, 9.17) is 5.26 Å². The third kappa shape index (κ3) is 3.05. The highest BCUT2D eigenvalue weighted by Crippen LogP contribution is 2.27. The Morgan fingerprint density at radius 1 is 1.39 bits per heavy atom. The van der Waals surface area contributed by atoms with Gasteiger partial charge in [0.2, 0.25) is 0 Å². The first-order valence-corrected chi connectivity index (χ1v) is 7.48. The Kier molecular flexibility index (Phi) is 4.66. The van der Waals surface area contributed by atoms with Crippen LogP contribution >= 0.6 is 15.9 Å². The Morgan fingerprint density at radius 3 is 2.89 bits per heavy atom. The Bertz CT molecular complexity index is 450. The fraction of sp³-hybridized carbons (Fsp3) is 0.533. The van der Waals surface area contributed by atoms with Gasteiger partial charge in [-0.05, 0) is 59.3 Å². The van der Waals surface area contributed by atoms with Crippen molar-refractivity contribution in [1.82, 2.24) is 0 Å². The van der Waals surface area contributed by atoms with Gasteiger partial charge in [0.25, 0.3) is 0 Å². The third-order valence-corrected chi connectivity index (χ3v) is 4.52. The van der Waals surface area contributed by atoms with Crippen molar-refractivity contribution in [3.05, 3.63) is 28.2 Å². The van der Waals surface area contributed by atoms with Crippen LogP contribution in [0.15, 0.2) is 22.7 Å². The van der Waals surface area contributed by atoms with E-state index in [2.05, 4.69) is 46.0 Å². The van der Waals surface area contributed by atoms with Crippen LogP contribution in [0.4, 0.5) is 5.69 Å². The third-order valence-electron chi connectivity index (χ3n) is 3.86. The molecule has 1 aliphatic rings. The normalized spacial score (nSPS) is 20.3. The lowest BCUT2D eigenvalue weighted by Gasteiger charge is -2.23. The zero-order valence-electron chi connectivity index (χ0n) is 10.8. The highest BCUT2D eigenvalue weighted by molar-refractivity contribution is 9.10. The lowest BCUT2D eigenvalue weighted by molar-refractivity contribution is 0.459. The molecule has 2 rings (SSSR count). The largest absolute Gasteiger partial charge is 0.371 e. The van der Waals surface area contributed by atoms with Gasteiger partial charge < -0.3 is 4.90 Å². The van der Waals surface area contributed by atoms with Crippen LogP contribution in [0.1, 0.15) is 38.2 Å². The van der Waals surface area contributed by atoms with Gasteiger partial charge >= 0.3 is 0 Å². The number of nitrogens with zero attached hydrogens (tertiary/aromatic N) is 2. The molecule has 96 valence electrons. The summed E-state index contributed by atoms with van der Waals surface area (Å²) in [4.78, 5) is 2.45. The van der Waals surface area contributed by atoms with Crippen molar-refractivity contribution in [2.45, 2.75) is 32.6 Å². The van der Waals surface area contributed by atoms with Crippen molar-refractivity contribution < 1.29 is 0 Å². The second kappa shape index (κ2) is 6.24. The quantitative estimate of drug-likeness (QED) is 0.813. The molecule has 0 saturated carbocycles. The van der Waals surface area contributed by atoms with Crippen LogP contribution in [0, 0.1) is 17.2 Å². The molecule has 1 heterocycles. The van der Waals surface area contributed by atoms with Crippen LogP contribution in [0.5, 0.6) is 0 Å². The molecule has 1 fully saturated rings. The predicted molar refractivity (Wildman–Crippen MR) is 78.7 cm³/mol. The van der Waals surface area contributed by atoms with Gasteiger partial charge in [-0.2, -0.15) is 5.26 Å². The molecule has 0 amide bonds. The summed E-state index contributed by atoms with van der Waals surface area (Å²) in [7, 11) is 0. The summed E-state index contributed by atoms with van der Waals surface area (Å²) in [5.41, 5.74) is 1.94. The van der Waals surface area contributed by atoms with Crippen LogP contribution < -0.4 is 4.90 Å². The molecule has 2 nitrogen and oxygen atoms in total. The van der Waals surface area contributed by atoms with Gasteiger partial charge in [-0.1, -0.05) is 13.3 Å². The van der Waals surface area contributed by atoms with Gasteiger partial charge in [-0.3, -0.25) is 0 Å². The van der Waals surface area contributed by atoms with Crippen LogP contribution in [-0.4, -0.2) is 13.1 Å². The molecule has 1 aliphatic heterocycles. The summed E-state index contributed by atoms with van der Waals surface area (Å²) in [5.74, 6) is 0.886. The molecule has 18 heavy (non-hydrogen) atoms. The maximum atomic E-state index is 8.94. The molecule has 0 aromatic heterocycles. The summed E-state index contributed by atoms with van der Waals surface area (Å²) in [5, 5.41) is 8.94. The van der Waals surface area contributed by atoms with E-state index in [9.17, 15) is 0 Å². The van der Waals surface area contributed by atoms with Crippen molar-refractivity contribution in [2.75, 3.05) is 18.0 Å². The van der Waals surface area contributed by atoms with Gasteiger partial charge in [-0.25, -0.2) is 0 Å². The lowest BCUT2D eigenvalue weighted by atomic mass is 9.98. The smallest absolute Gasteiger partial charge is 0.100 e. The van der Waals surface area contributed by atoms with E-state index in [1.54, 1.807) is 0 Å². The van der Waals surface area contributed by atoms with Crippen LogP contribution in [0.2, 0.25) is 0 Å². The Balaban J connectivity index is 2.12. The fourth-order valence-electron chi connectivity index (χ4n) is 2.62. The van der Waals surface area contributed by atoms with Gasteiger partial charge in [0.1, 0.15) is 6.07 Å². The number of benzene rings is 1.